The number of likely N-dealkylation sites (tertiary alicyclic amines) is 1. The van der Waals surface area contributed by atoms with Crippen LogP contribution in [0.1, 0.15) is 31.4 Å². The molecule has 3 N–H and O–H groups in total. The van der Waals surface area contributed by atoms with Crippen LogP contribution in [0, 0.1) is 16.7 Å². The van der Waals surface area contributed by atoms with E-state index in [2.05, 4.69) is 21.2 Å². The lowest BCUT2D eigenvalue weighted by molar-refractivity contribution is -0.144. The van der Waals surface area contributed by atoms with Gasteiger partial charge in [0.2, 0.25) is 11.8 Å². The third-order valence-corrected chi connectivity index (χ3v) is 9.74. The number of fused-ring (bicyclic) bond motifs is 5. The molecule has 2 aromatic carbocycles. The lowest BCUT2D eigenvalue weighted by Gasteiger charge is -2.41. The maximum absolute atomic E-state index is 14.3. The maximum Gasteiger partial charge on any atom is 0.248 e. The Labute approximate surface area is 214 Å². The molecule has 0 aromatic heterocycles. The van der Waals surface area contributed by atoms with E-state index in [0.717, 1.165) is 22.3 Å². The minimum absolute atomic E-state index is 0.0736. The third kappa shape index (κ3) is 2.98. The Kier molecular flexibility index (Phi) is 5.86. The van der Waals surface area contributed by atoms with Gasteiger partial charge in [-0.2, -0.15) is 0 Å². The average Bonchev–Trinajstić information content (AvgIpc) is 3.25. The summed E-state index contributed by atoms with van der Waals surface area (Å²) in [6.07, 6.45) is 0.624. The van der Waals surface area contributed by atoms with Crippen molar-refractivity contribution in [1.82, 2.24) is 10.2 Å². The molecule has 2 aliphatic carbocycles. The van der Waals surface area contributed by atoms with Gasteiger partial charge in [-0.25, -0.2) is 0 Å². The summed E-state index contributed by atoms with van der Waals surface area (Å²) in [6.45, 7) is 5.88. The summed E-state index contributed by atoms with van der Waals surface area (Å²) in [7, 11) is 0. The summed E-state index contributed by atoms with van der Waals surface area (Å²) in [5, 5.41) is 3.21. The minimum Gasteiger partial charge on any atom is -0.329 e. The van der Waals surface area contributed by atoms with Crippen molar-refractivity contribution in [2.24, 2.45) is 22.5 Å². The SMILES string of the molecule is CC12C(=O)C(C)(C(c3ccccc3)=C1c1ccccc1)C1(Br)C(=O)N(CCCNCCN)C(=O)C21. The molecule has 35 heavy (non-hydrogen) atoms. The number of halogens is 1. The normalized spacial score (nSPS) is 31.6. The van der Waals surface area contributed by atoms with Gasteiger partial charge in [0.25, 0.3) is 0 Å². The zero-order valence-electron chi connectivity index (χ0n) is 20.0. The van der Waals surface area contributed by atoms with E-state index in [1.54, 1.807) is 0 Å². The summed E-state index contributed by atoms with van der Waals surface area (Å²) in [5.41, 5.74) is 6.69. The number of amides is 2. The number of nitrogens with two attached hydrogens (primary N) is 1. The van der Waals surface area contributed by atoms with Gasteiger partial charge < -0.3 is 11.1 Å². The highest BCUT2D eigenvalue weighted by Gasteiger charge is 2.85. The molecule has 2 bridgehead atoms. The van der Waals surface area contributed by atoms with E-state index < -0.39 is 21.1 Å². The largest absolute Gasteiger partial charge is 0.329 e. The Balaban J connectivity index is 1.67. The average molecular weight is 536 g/mol. The van der Waals surface area contributed by atoms with Crippen LogP contribution in [-0.4, -0.2) is 53.0 Å². The number of benzene rings is 2. The molecule has 2 aromatic rings. The van der Waals surface area contributed by atoms with Crippen LogP contribution >= 0.6 is 15.9 Å². The summed E-state index contributed by atoms with van der Waals surface area (Å²) in [5.74, 6) is -1.47. The molecule has 3 aliphatic rings. The standard InChI is InChI=1S/C28H30BrN3O3/c1-26-20(18-10-5-3-6-11-18)21(19-12-7-4-8-13-19)27(2,24(26)34)28(29)22(26)23(33)32(25(28)35)17-9-15-31-16-14-30/h3-8,10-13,22,31H,9,14-17,30H2,1-2H3. The van der Waals surface area contributed by atoms with Crippen LogP contribution in [0.25, 0.3) is 11.1 Å². The molecule has 7 heteroatoms. The molecule has 2 amide bonds. The number of hydrogen-bond donors (Lipinski definition) is 2. The Hall–Kier alpha value is -2.61. The highest BCUT2D eigenvalue weighted by molar-refractivity contribution is 9.10. The summed E-state index contributed by atoms with van der Waals surface area (Å²) in [6, 6.07) is 19.6. The molecule has 1 aliphatic heterocycles. The van der Waals surface area contributed by atoms with Gasteiger partial charge in [0.1, 0.15) is 4.32 Å². The second-order valence-electron chi connectivity index (χ2n) is 9.97. The number of alkyl halides is 1. The van der Waals surface area contributed by atoms with Crippen LogP contribution in [-0.2, 0) is 14.4 Å². The number of allylic oxidation sites excluding steroid dienone is 2. The second-order valence-corrected chi connectivity index (χ2v) is 11.2. The summed E-state index contributed by atoms with van der Waals surface area (Å²) in [4.78, 5) is 43.5. The molecule has 0 spiro atoms. The topological polar surface area (TPSA) is 92.5 Å². The van der Waals surface area contributed by atoms with Gasteiger partial charge in [-0.05, 0) is 49.1 Å². The zero-order chi connectivity index (χ0) is 25.0. The van der Waals surface area contributed by atoms with Crippen LogP contribution in [0.2, 0.25) is 0 Å². The number of Topliss-reactive ketones (excluding diaryl/α,β-unsaturated/α-hetero) is 1. The van der Waals surface area contributed by atoms with Crippen LogP contribution < -0.4 is 11.1 Å². The molecule has 2 fully saturated rings. The Morgan fingerprint density at radius 1 is 0.914 bits per heavy atom. The van der Waals surface area contributed by atoms with Crippen molar-refractivity contribution in [3.63, 3.8) is 0 Å². The summed E-state index contributed by atoms with van der Waals surface area (Å²) >= 11 is 3.78. The van der Waals surface area contributed by atoms with E-state index >= 15 is 0 Å². The van der Waals surface area contributed by atoms with Crippen molar-refractivity contribution in [2.75, 3.05) is 26.2 Å². The quantitative estimate of drug-likeness (QED) is 0.307. The van der Waals surface area contributed by atoms with Crippen LogP contribution in [0.3, 0.4) is 0 Å². The van der Waals surface area contributed by atoms with E-state index in [4.69, 9.17) is 5.73 Å². The number of imide groups is 1. The highest BCUT2D eigenvalue weighted by Crippen LogP contribution is 2.77. The fourth-order valence-corrected chi connectivity index (χ4v) is 7.91. The van der Waals surface area contributed by atoms with Gasteiger partial charge in [-0.15, -0.1) is 0 Å². The number of nitrogens with one attached hydrogen (secondary N) is 1. The van der Waals surface area contributed by atoms with Gasteiger partial charge in [0.15, 0.2) is 5.78 Å². The number of rotatable bonds is 8. The number of carbonyl (C=O) groups excluding carboxylic acids is 3. The number of nitrogens with zero attached hydrogens (tertiary/aromatic N) is 1. The monoisotopic (exact) mass is 535 g/mol. The van der Waals surface area contributed by atoms with Gasteiger partial charge in [-0.3, -0.25) is 19.3 Å². The predicted octanol–water partition coefficient (Wildman–Crippen LogP) is 3.26. The first-order valence-electron chi connectivity index (χ1n) is 12.1. The molecule has 4 atom stereocenters. The number of ketones is 1. The van der Waals surface area contributed by atoms with Gasteiger partial charge in [-0.1, -0.05) is 76.6 Å². The minimum atomic E-state index is -1.32. The van der Waals surface area contributed by atoms with Gasteiger partial charge in [0, 0.05) is 19.6 Å². The van der Waals surface area contributed by atoms with Gasteiger partial charge in [0.05, 0.1) is 16.7 Å². The molecule has 6 nitrogen and oxygen atoms in total. The number of carbonyl (C=O) groups is 3. The lowest BCUT2D eigenvalue weighted by Crippen LogP contribution is -2.50. The van der Waals surface area contributed by atoms with E-state index in [1.165, 1.54) is 4.90 Å². The van der Waals surface area contributed by atoms with Gasteiger partial charge >= 0.3 is 0 Å². The van der Waals surface area contributed by atoms with E-state index in [-0.39, 0.29) is 17.6 Å². The smallest absolute Gasteiger partial charge is 0.248 e. The predicted molar refractivity (Wildman–Crippen MR) is 139 cm³/mol. The van der Waals surface area contributed by atoms with Crippen molar-refractivity contribution in [2.45, 2.75) is 24.6 Å². The first-order chi connectivity index (χ1) is 16.8. The van der Waals surface area contributed by atoms with E-state index in [9.17, 15) is 14.4 Å². The highest BCUT2D eigenvalue weighted by atomic mass is 79.9. The molecule has 0 radical (unpaired) electrons. The first kappa shape index (κ1) is 24.1. The Morgan fingerprint density at radius 2 is 1.49 bits per heavy atom. The molecule has 182 valence electrons. The lowest BCUT2D eigenvalue weighted by atomic mass is 9.63. The molecule has 1 saturated heterocycles. The van der Waals surface area contributed by atoms with Crippen molar-refractivity contribution >= 4 is 44.7 Å². The summed E-state index contributed by atoms with van der Waals surface area (Å²) < 4.78 is -1.32. The van der Waals surface area contributed by atoms with Crippen molar-refractivity contribution in [3.05, 3.63) is 71.8 Å². The fourth-order valence-electron chi connectivity index (χ4n) is 6.66. The van der Waals surface area contributed by atoms with Crippen LogP contribution in [0.15, 0.2) is 60.7 Å². The molecule has 5 rings (SSSR count). The van der Waals surface area contributed by atoms with Crippen molar-refractivity contribution in [3.8, 4) is 0 Å². The third-order valence-electron chi connectivity index (χ3n) is 8.15. The van der Waals surface area contributed by atoms with Crippen LogP contribution in [0.4, 0.5) is 0 Å². The van der Waals surface area contributed by atoms with E-state index in [1.807, 2.05) is 74.5 Å². The fraction of sp³-hybridized carbons (Fsp3) is 0.393. The molecular formula is C28H30BrN3O3. The Bertz CT molecular complexity index is 1230. The first-order valence-corrected chi connectivity index (χ1v) is 12.9. The molecule has 1 saturated carbocycles. The Morgan fingerprint density at radius 3 is 2.06 bits per heavy atom. The maximum atomic E-state index is 14.3. The van der Waals surface area contributed by atoms with Crippen LogP contribution in [0.5, 0.6) is 0 Å². The molecular weight excluding hydrogens is 506 g/mol. The van der Waals surface area contributed by atoms with Crippen molar-refractivity contribution in [1.29, 1.82) is 0 Å². The second kappa shape index (κ2) is 8.50. The molecule has 1 heterocycles. The number of hydrogen-bond acceptors (Lipinski definition) is 5. The zero-order valence-corrected chi connectivity index (χ0v) is 21.6. The molecule has 4 unspecified atom stereocenters. The van der Waals surface area contributed by atoms with Crippen molar-refractivity contribution < 1.29 is 14.4 Å². The van der Waals surface area contributed by atoms with E-state index in [0.29, 0.717) is 32.6 Å².